The van der Waals surface area contributed by atoms with Crippen molar-refractivity contribution >= 4 is 15.9 Å². The van der Waals surface area contributed by atoms with Crippen LogP contribution in [-0.2, 0) is 17.8 Å². The summed E-state index contributed by atoms with van der Waals surface area (Å²) in [6.07, 6.45) is 2.74. The minimum atomic E-state index is 0.451. The molecule has 0 amide bonds. The number of aromatic nitrogens is 2. The van der Waals surface area contributed by atoms with E-state index < -0.39 is 0 Å². The Kier molecular flexibility index (Phi) is 5.85. The van der Waals surface area contributed by atoms with Gasteiger partial charge in [-0.2, -0.15) is 5.10 Å². The van der Waals surface area contributed by atoms with Crippen LogP contribution < -0.4 is 0 Å². The lowest BCUT2D eigenvalue weighted by Crippen LogP contribution is -2.37. The molecular weight excluding hydrogens is 306 g/mol. The van der Waals surface area contributed by atoms with E-state index in [-0.39, 0.29) is 0 Å². The molecular formula is C14H24BrN3O. The first-order valence-corrected chi connectivity index (χ1v) is 8.28. The molecule has 0 saturated carbocycles. The zero-order valence-corrected chi connectivity index (χ0v) is 13.5. The molecule has 1 saturated heterocycles. The Bertz CT molecular complexity index is 386. The van der Waals surface area contributed by atoms with Crippen molar-refractivity contribution in [3.8, 4) is 0 Å². The number of likely N-dealkylation sites (tertiary alicyclic amines) is 1. The second-order valence-electron chi connectivity index (χ2n) is 5.13. The number of hydrogen-bond acceptors (Lipinski definition) is 3. The first kappa shape index (κ1) is 15.0. The topological polar surface area (TPSA) is 30.3 Å². The summed E-state index contributed by atoms with van der Waals surface area (Å²) in [5.74, 6) is 0. The minimum absolute atomic E-state index is 0.451. The van der Waals surface area contributed by atoms with Crippen LogP contribution in [0.15, 0.2) is 6.07 Å². The Balaban J connectivity index is 1.81. The first-order chi connectivity index (χ1) is 9.22. The molecule has 1 aliphatic heterocycles. The second kappa shape index (κ2) is 7.41. The number of halogens is 1. The fraction of sp³-hybridized carbons (Fsp3) is 0.786. The molecule has 19 heavy (non-hydrogen) atoms. The Hall–Kier alpha value is -0.390. The fourth-order valence-corrected chi connectivity index (χ4v) is 2.86. The van der Waals surface area contributed by atoms with E-state index in [2.05, 4.69) is 50.5 Å². The molecule has 0 unspecified atom stereocenters. The van der Waals surface area contributed by atoms with E-state index in [0.29, 0.717) is 6.10 Å². The maximum absolute atomic E-state index is 5.79. The lowest BCUT2D eigenvalue weighted by Gasteiger charge is -2.31. The van der Waals surface area contributed by atoms with Crippen LogP contribution in [-0.4, -0.2) is 45.8 Å². The van der Waals surface area contributed by atoms with E-state index in [1.807, 2.05) is 0 Å². The molecule has 2 rings (SSSR count). The van der Waals surface area contributed by atoms with Gasteiger partial charge in [0.1, 0.15) is 0 Å². The van der Waals surface area contributed by atoms with Gasteiger partial charge in [0.2, 0.25) is 0 Å². The summed E-state index contributed by atoms with van der Waals surface area (Å²) in [6.45, 7) is 9.26. The lowest BCUT2D eigenvalue weighted by molar-refractivity contribution is 0.0136. The highest BCUT2D eigenvalue weighted by Gasteiger charge is 2.20. The van der Waals surface area contributed by atoms with E-state index in [1.54, 1.807) is 0 Å². The van der Waals surface area contributed by atoms with Gasteiger partial charge in [-0.05, 0) is 32.8 Å². The van der Waals surface area contributed by atoms with Crippen molar-refractivity contribution in [2.75, 3.05) is 25.0 Å². The molecule has 0 aromatic carbocycles. The quantitative estimate of drug-likeness (QED) is 0.751. The summed E-state index contributed by atoms with van der Waals surface area (Å²) in [5, 5.41) is 5.44. The molecule has 0 aliphatic carbocycles. The smallest absolute Gasteiger partial charge is 0.0599 e. The van der Waals surface area contributed by atoms with Crippen molar-refractivity contribution in [1.82, 2.24) is 14.7 Å². The van der Waals surface area contributed by atoms with Crippen LogP contribution in [0, 0.1) is 6.92 Å². The largest absolute Gasteiger partial charge is 0.377 e. The van der Waals surface area contributed by atoms with Crippen LogP contribution in [0.4, 0.5) is 0 Å². The highest BCUT2D eigenvalue weighted by atomic mass is 79.9. The van der Waals surface area contributed by atoms with Crippen LogP contribution in [0.5, 0.6) is 0 Å². The predicted molar refractivity (Wildman–Crippen MR) is 80.7 cm³/mol. The minimum Gasteiger partial charge on any atom is -0.377 e. The Morgan fingerprint density at radius 3 is 2.79 bits per heavy atom. The van der Waals surface area contributed by atoms with Gasteiger partial charge in [0, 0.05) is 31.5 Å². The highest BCUT2D eigenvalue weighted by Crippen LogP contribution is 2.17. The second-order valence-corrected chi connectivity index (χ2v) is 5.92. The fourth-order valence-electron chi connectivity index (χ4n) is 2.67. The number of alkyl halides is 1. The monoisotopic (exact) mass is 329 g/mol. The molecule has 5 heteroatoms. The summed E-state index contributed by atoms with van der Waals surface area (Å²) in [7, 11) is 0. The Morgan fingerprint density at radius 1 is 1.42 bits per heavy atom. The summed E-state index contributed by atoms with van der Waals surface area (Å²) >= 11 is 3.41. The predicted octanol–water partition coefficient (Wildman–Crippen LogP) is 2.59. The van der Waals surface area contributed by atoms with Gasteiger partial charge in [-0.25, -0.2) is 0 Å². The molecule has 0 spiro atoms. The Labute approximate surface area is 124 Å². The van der Waals surface area contributed by atoms with Crippen LogP contribution in [0.2, 0.25) is 0 Å². The third kappa shape index (κ3) is 4.29. The summed E-state index contributed by atoms with van der Waals surface area (Å²) in [6, 6.07) is 2.21. The molecule has 0 radical (unpaired) electrons. The average Bonchev–Trinajstić information content (AvgIpc) is 2.78. The molecule has 0 atom stereocenters. The van der Waals surface area contributed by atoms with E-state index in [1.165, 1.54) is 5.69 Å². The van der Waals surface area contributed by atoms with Crippen molar-refractivity contribution in [3.05, 3.63) is 17.5 Å². The third-order valence-electron chi connectivity index (χ3n) is 3.64. The molecule has 2 heterocycles. The van der Waals surface area contributed by atoms with Crippen molar-refractivity contribution in [2.24, 2.45) is 0 Å². The van der Waals surface area contributed by atoms with Gasteiger partial charge in [0.05, 0.1) is 24.1 Å². The number of rotatable bonds is 6. The van der Waals surface area contributed by atoms with Crippen LogP contribution in [0.25, 0.3) is 0 Å². The van der Waals surface area contributed by atoms with Gasteiger partial charge in [-0.3, -0.25) is 9.58 Å². The van der Waals surface area contributed by atoms with Gasteiger partial charge in [0.25, 0.3) is 0 Å². The maximum Gasteiger partial charge on any atom is 0.0599 e. The van der Waals surface area contributed by atoms with Crippen LogP contribution in [0.3, 0.4) is 0 Å². The number of aryl methyl sites for hydroxylation is 2. The van der Waals surface area contributed by atoms with Crippen molar-refractivity contribution in [2.45, 2.75) is 45.9 Å². The number of nitrogens with zero attached hydrogens (tertiary/aromatic N) is 3. The Morgan fingerprint density at radius 2 is 2.16 bits per heavy atom. The summed E-state index contributed by atoms with van der Waals surface area (Å²) < 4.78 is 7.90. The molecule has 4 nitrogen and oxygen atoms in total. The molecule has 1 aromatic heterocycles. The first-order valence-electron chi connectivity index (χ1n) is 7.16. The van der Waals surface area contributed by atoms with Gasteiger partial charge >= 0.3 is 0 Å². The highest BCUT2D eigenvalue weighted by molar-refractivity contribution is 9.09. The van der Waals surface area contributed by atoms with Crippen molar-refractivity contribution in [1.29, 1.82) is 0 Å². The normalized spacial score (nSPS) is 18.1. The maximum atomic E-state index is 5.79. The van der Waals surface area contributed by atoms with E-state index >= 15 is 0 Å². The van der Waals surface area contributed by atoms with Gasteiger partial charge in [0.15, 0.2) is 0 Å². The molecule has 1 aromatic rings. The van der Waals surface area contributed by atoms with Crippen LogP contribution in [0.1, 0.15) is 31.2 Å². The lowest BCUT2D eigenvalue weighted by atomic mass is 10.1. The number of hydrogen-bond donors (Lipinski definition) is 0. The summed E-state index contributed by atoms with van der Waals surface area (Å²) in [5.41, 5.74) is 2.45. The molecule has 0 bridgehead atoms. The standard InChI is InChI=1S/C14H24BrN3O/c1-3-18-13(10-12(2)16-18)11-17-7-4-14(5-8-17)19-9-6-15/h10,14H,3-9,11H2,1-2H3. The molecule has 0 N–H and O–H groups in total. The van der Waals surface area contributed by atoms with E-state index in [4.69, 9.17) is 4.74 Å². The molecule has 1 fully saturated rings. The van der Waals surface area contributed by atoms with E-state index in [0.717, 1.165) is 56.7 Å². The van der Waals surface area contributed by atoms with Gasteiger partial charge < -0.3 is 4.74 Å². The zero-order valence-electron chi connectivity index (χ0n) is 11.9. The van der Waals surface area contributed by atoms with Crippen molar-refractivity contribution < 1.29 is 4.74 Å². The SMILES string of the molecule is CCn1nc(C)cc1CN1CCC(OCCBr)CC1. The van der Waals surface area contributed by atoms with Crippen LogP contribution >= 0.6 is 15.9 Å². The van der Waals surface area contributed by atoms with E-state index in [9.17, 15) is 0 Å². The van der Waals surface area contributed by atoms with Crippen molar-refractivity contribution in [3.63, 3.8) is 0 Å². The molecule has 1 aliphatic rings. The number of ether oxygens (including phenoxy) is 1. The third-order valence-corrected chi connectivity index (χ3v) is 3.96. The zero-order chi connectivity index (χ0) is 13.7. The molecule has 108 valence electrons. The van der Waals surface area contributed by atoms with Gasteiger partial charge in [-0.15, -0.1) is 0 Å². The van der Waals surface area contributed by atoms with Gasteiger partial charge in [-0.1, -0.05) is 15.9 Å². The average molecular weight is 330 g/mol. The summed E-state index contributed by atoms with van der Waals surface area (Å²) in [4.78, 5) is 2.51. The number of piperidine rings is 1.